The zero-order valence-electron chi connectivity index (χ0n) is 14.3. The third-order valence-corrected chi connectivity index (χ3v) is 5.18. The third-order valence-electron chi connectivity index (χ3n) is 5.18. The molecule has 0 spiro atoms. The van der Waals surface area contributed by atoms with Crippen molar-refractivity contribution in [1.82, 2.24) is 10.2 Å². The second-order valence-corrected chi connectivity index (χ2v) is 7.94. The Kier molecular flexibility index (Phi) is 5.92. The maximum Gasteiger partial charge on any atom is 0.00966 e. The lowest BCUT2D eigenvalue weighted by Gasteiger charge is -2.44. The summed E-state index contributed by atoms with van der Waals surface area (Å²) in [6.45, 7) is 13.2. The summed E-state index contributed by atoms with van der Waals surface area (Å²) in [6.07, 6.45) is 9.95. The van der Waals surface area contributed by atoms with Crippen molar-refractivity contribution in [3.8, 4) is 0 Å². The average Bonchev–Trinajstić information content (AvgIpc) is 3.20. The molecule has 2 rings (SSSR count). The van der Waals surface area contributed by atoms with Crippen molar-refractivity contribution >= 4 is 0 Å². The minimum atomic E-state index is 0.541. The molecule has 0 aromatic heterocycles. The van der Waals surface area contributed by atoms with Crippen LogP contribution in [-0.4, -0.2) is 36.6 Å². The SMILES string of the molecule is CCCN(CC1(CNC(C)C)CCCC(C)C1)C1CC1. The molecule has 0 heterocycles. The lowest BCUT2D eigenvalue weighted by Crippen LogP contribution is -2.48. The molecule has 20 heavy (non-hydrogen) atoms. The normalized spacial score (nSPS) is 31.2. The van der Waals surface area contributed by atoms with E-state index in [0.29, 0.717) is 11.5 Å². The molecule has 0 saturated heterocycles. The van der Waals surface area contributed by atoms with Crippen LogP contribution in [0.4, 0.5) is 0 Å². The molecule has 118 valence electrons. The van der Waals surface area contributed by atoms with Crippen LogP contribution in [0.15, 0.2) is 0 Å². The second-order valence-electron chi connectivity index (χ2n) is 7.94. The molecule has 0 bridgehead atoms. The molecule has 2 fully saturated rings. The average molecular weight is 280 g/mol. The van der Waals surface area contributed by atoms with Crippen LogP contribution in [0.2, 0.25) is 0 Å². The van der Waals surface area contributed by atoms with Crippen molar-refractivity contribution in [2.75, 3.05) is 19.6 Å². The number of nitrogens with zero attached hydrogens (tertiary/aromatic N) is 1. The Hall–Kier alpha value is -0.0800. The van der Waals surface area contributed by atoms with Crippen LogP contribution in [-0.2, 0) is 0 Å². The van der Waals surface area contributed by atoms with Gasteiger partial charge in [0.15, 0.2) is 0 Å². The molecule has 0 aromatic carbocycles. The predicted molar refractivity (Wildman–Crippen MR) is 88.1 cm³/mol. The van der Waals surface area contributed by atoms with Gasteiger partial charge in [-0.1, -0.05) is 40.5 Å². The number of nitrogens with one attached hydrogen (secondary N) is 1. The fourth-order valence-corrected chi connectivity index (χ4v) is 4.10. The van der Waals surface area contributed by atoms with Crippen LogP contribution >= 0.6 is 0 Å². The van der Waals surface area contributed by atoms with Crippen molar-refractivity contribution in [3.05, 3.63) is 0 Å². The predicted octanol–water partition coefficient (Wildman–Crippen LogP) is 4.06. The molecule has 2 saturated carbocycles. The van der Waals surface area contributed by atoms with Crippen LogP contribution in [0.5, 0.6) is 0 Å². The summed E-state index contributed by atoms with van der Waals surface area (Å²) in [5, 5.41) is 3.76. The molecule has 0 radical (unpaired) electrons. The highest BCUT2D eigenvalue weighted by molar-refractivity contribution is 4.94. The van der Waals surface area contributed by atoms with E-state index in [-0.39, 0.29) is 0 Å². The van der Waals surface area contributed by atoms with Gasteiger partial charge in [-0.25, -0.2) is 0 Å². The van der Waals surface area contributed by atoms with Crippen molar-refractivity contribution in [2.45, 2.75) is 84.7 Å². The van der Waals surface area contributed by atoms with E-state index < -0.39 is 0 Å². The molecule has 0 amide bonds. The summed E-state index contributed by atoms with van der Waals surface area (Å²) < 4.78 is 0. The van der Waals surface area contributed by atoms with Gasteiger partial charge in [0, 0.05) is 25.2 Å². The summed E-state index contributed by atoms with van der Waals surface area (Å²) in [6, 6.07) is 1.53. The summed E-state index contributed by atoms with van der Waals surface area (Å²) in [5.74, 6) is 0.917. The molecule has 0 aromatic rings. The summed E-state index contributed by atoms with van der Waals surface area (Å²) >= 11 is 0. The summed E-state index contributed by atoms with van der Waals surface area (Å²) in [5.41, 5.74) is 0.541. The Morgan fingerprint density at radius 1 is 1.25 bits per heavy atom. The zero-order valence-corrected chi connectivity index (χ0v) is 14.3. The van der Waals surface area contributed by atoms with E-state index in [1.807, 2.05) is 0 Å². The van der Waals surface area contributed by atoms with Gasteiger partial charge in [0.05, 0.1) is 0 Å². The van der Waals surface area contributed by atoms with Gasteiger partial charge in [0.25, 0.3) is 0 Å². The Bertz CT molecular complexity index is 285. The summed E-state index contributed by atoms with van der Waals surface area (Å²) in [4.78, 5) is 2.82. The van der Waals surface area contributed by atoms with Gasteiger partial charge >= 0.3 is 0 Å². The molecule has 2 atom stereocenters. The molecule has 2 aliphatic carbocycles. The molecule has 0 aliphatic heterocycles. The highest BCUT2D eigenvalue weighted by atomic mass is 15.2. The lowest BCUT2D eigenvalue weighted by molar-refractivity contribution is 0.0740. The maximum atomic E-state index is 3.76. The molecular formula is C18H36N2. The fourth-order valence-electron chi connectivity index (χ4n) is 4.10. The van der Waals surface area contributed by atoms with Gasteiger partial charge in [-0.3, -0.25) is 4.90 Å². The van der Waals surface area contributed by atoms with Crippen LogP contribution in [0.25, 0.3) is 0 Å². The highest BCUT2D eigenvalue weighted by Gasteiger charge is 2.39. The van der Waals surface area contributed by atoms with Gasteiger partial charge in [-0.2, -0.15) is 0 Å². The standard InChI is InChI=1S/C18H36N2/c1-5-11-20(17-8-9-17)14-18(13-19-15(2)3)10-6-7-16(4)12-18/h15-17,19H,5-14H2,1-4H3. The molecule has 2 nitrogen and oxygen atoms in total. The first-order valence-corrected chi connectivity index (χ1v) is 9.02. The first kappa shape index (κ1) is 16.3. The van der Waals surface area contributed by atoms with Gasteiger partial charge in [0.1, 0.15) is 0 Å². The van der Waals surface area contributed by atoms with E-state index in [1.54, 1.807) is 0 Å². The number of hydrogen-bond donors (Lipinski definition) is 1. The highest BCUT2D eigenvalue weighted by Crippen LogP contribution is 2.41. The van der Waals surface area contributed by atoms with E-state index in [1.165, 1.54) is 64.6 Å². The molecule has 2 unspecified atom stereocenters. The first-order chi connectivity index (χ1) is 9.54. The van der Waals surface area contributed by atoms with Crippen molar-refractivity contribution in [2.24, 2.45) is 11.3 Å². The largest absolute Gasteiger partial charge is 0.314 e. The van der Waals surface area contributed by atoms with E-state index in [2.05, 4.69) is 37.9 Å². The van der Waals surface area contributed by atoms with Crippen LogP contribution in [0.3, 0.4) is 0 Å². The molecule has 1 N–H and O–H groups in total. The Balaban J connectivity index is 2.00. The topological polar surface area (TPSA) is 15.3 Å². The Morgan fingerprint density at radius 2 is 2.00 bits per heavy atom. The van der Waals surface area contributed by atoms with E-state index >= 15 is 0 Å². The maximum absolute atomic E-state index is 3.76. The van der Waals surface area contributed by atoms with Crippen LogP contribution in [0, 0.1) is 11.3 Å². The van der Waals surface area contributed by atoms with Crippen LogP contribution < -0.4 is 5.32 Å². The number of rotatable bonds is 8. The van der Waals surface area contributed by atoms with Gasteiger partial charge < -0.3 is 5.32 Å². The van der Waals surface area contributed by atoms with Gasteiger partial charge in [-0.05, 0) is 50.0 Å². The smallest absolute Gasteiger partial charge is 0.00966 e. The Morgan fingerprint density at radius 3 is 2.55 bits per heavy atom. The third kappa shape index (κ3) is 4.73. The van der Waals surface area contributed by atoms with Gasteiger partial charge in [0.2, 0.25) is 0 Å². The van der Waals surface area contributed by atoms with E-state index in [9.17, 15) is 0 Å². The van der Waals surface area contributed by atoms with Crippen LogP contribution in [0.1, 0.15) is 72.6 Å². The second kappa shape index (κ2) is 7.26. The monoisotopic (exact) mass is 280 g/mol. The van der Waals surface area contributed by atoms with E-state index in [0.717, 1.165) is 12.0 Å². The molecule has 2 aliphatic rings. The quantitative estimate of drug-likeness (QED) is 0.721. The summed E-state index contributed by atoms with van der Waals surface area (Å²) in [7, 11) is 0. The van der Waals surface area contributed by atoms with Crippen molar-refractivity contribution < 1.29 is 0 Å². The number of hydrogen-bond acceptors (Lipinski definition) is 2. The lowest BCUT2D eigenvalue weighted by atomic mass is 9.69. The van der Waals surface area contributed by atoms with Crippen molar-refractivity contribution in [1.29, 1.82) is 0 Å². The fraction of sp³-hybridized carbons (Fsp3) is 1.00. The molecular weight excluding hydrogens is 244 g/mol. The minimum Gasteiger partial charge on any atom is -0.314 e. The van der Waals surface area contributed by atoms with E-state index in [4.69, 9.17) is 0 Å². The molecule has 2 heteroatoms. The Labute approximate surface area is 126 Å². The first-order valence-electron chi connectivity index (χ1n) is 9.02. The minimum absolute atomic E-state index is 0.541. The van der Waals surface area contributed by atoms with Gasteiger partial charge in [-0.15, -0.1) is 0 Å². The van der Waals surface area contributed by atoms with Crippen molar-refractivity contribution in [3.63, 3.8) is 0 Å². The zero-order chi connectivity index (χ0) is 14.6.